The number of nitrogens with zero attached hydrogens (tertiary/aromatic N) is 1. The molecule has 1 atom stereocenters. The summed E-state index contributed by atoms with van der Waals surface area (Å²) in [6.45, 7) is 8.60. The Morgan fingerprint density at radius 2 is 1.90 bits per heavy atom. The fourth-order valence-electron chi connectivity index (χ4n) is 3.06. The molecule has 0 radical (unpaired) electrons. The summed E-state index contributed by atoms with van der Waals surface area (Å²) in [6.07, 6.45) is 0.147. The van der Waals surface area contributed by atoms with E-state index in [0.717, 1.165) is 33.1 Å². The van der Waals surface area contributed by atoms with Gasteiger partial charge in [-0.15, -0.1) is 11.3 Å². The molecule has 3 aromatic rings. The highest BCUT2D eigenvalue weighted by Crippen LogP contribution is 2.28. The maximum Gasteiger partial charge on any atom is 0.260 e. The first-order valence-electron chi connectivity index (χ1n) is 9.98. The predicted octanol–water partition coefficient (Wildman–Crippen LogP) is 5.37. The van der Waals surface area contributed by atoms with E-state index in [0.29, 0.717) is 18.9 Å². The molecule has 0 saturated carbocycles. The van der Waals surface area contributed by atoms with Gasteiger partial charge in [-0.1, -0.05) is 56.3 Å². The zero-order chi connectivity index (χ0) is 20.8. The van der Waals surface area contributed by atoms with E-state index in [-0.39, 0.29) is 5.91 Å². The molecule has 0 aliphatic carbocycles. The van der Waals surface area contributed by atoms with Crippen LogP contribution in [0, 0.1) is 6.92 Å². The monoisotopic (exact) mass is 408 g/mol. The second-order valence-corrected chi connectivity index (χ2v) is 8.37. The van der Waals surface area contributed by atoms with Gasteiger partial charge in [-0.25, -0.2) is 4.98 Å². The third-order valence-corrected chi connectivity index (χ3v) is 5.66. The molecule has 29 heavy (non-hydrogen) atoms. The van der Waals surface area contributed by atoms with Gasteiger partial charge >= 0.3 is 0 Å². The lowest BCUT2D eigenvalue weighted by molar-refractivity contribution is -0.127. The third kappa shape index (κ3) is 5.67. The van der Waals surface area contributed by atoms with Crippen molar-refractivity contribution in [3.63, 3.8) is 0 Å². The number of aromatic nitrogens is 1. The molecule has 1 heterocycles. The Bertz CT molecular complexity index is 951. The molecule has 0 bridgehead atoms. The van der Waals surface area contributed by atoms with Crippen LogP contribution in [-0.4, -0.2) is 23.5 Å². The summed E-state index contributed by atoms with van der Waals surface area (Å²) in [5, 5.41) is 6.02. The number of aryl methyl sites for hydroxylation is 1. The standard InChI is InChI=1S/C24H28N2O2S/c1-16(2)21-11-10-17(3)14-22(21)28-18(4)23(27)25-13-12-20-15-29-24(26-20)19-8-6-5-7-9-19/h5-11,14-16,18H,12-13H2,1-4H3,(H,25,27). The smallest absolute Gasteiger partial charge is 0.260 e. The van der Waals surface area contributed by atoms with Gasteiger partial charge in [-0.05, 0) is 37.0 Å². The fourth-order valence-corrected chi connectivity index (χ4v) is 3.92. The normalized spacial score (nSPS) is 12.0. The van der Waals surface area contributed by atoms with Gasteiger partial charge in [0.05, 0.1) is 5.69 Å². The molecule has 152 valence electrons. The van der Waals surface area contributed by atoms with E-state index >= 15 is 0 Å². The number of carbonyl (C=O) groups is 1. The van der Waals surface area contributed by atoms with Gasteiger partial charge in [0.2, 0.25) is 0 Å². The van der Waals surface area contributed by atoms with Crippen LogP contribution in [0.4, 0.5) is 0 Å². The molecule has 1 aromatic heterocycles. The average Bonchev–Trinajstić information content (AvgIpc) is 3.17. The zero-order valence-electron chi connectivity index (χ0n) is 17.4. The van der Waals surface area contributed by atoms with Crippen molar-refractivity contribution >= 4 is 17.2 Å². The third-order valence-electron chi connectivity index (χ3n) is 4.72. The van der Waals surface area contributed by atoms with E-state index in [9.17, 15) is 4.79 Å². The summed E-state index contributed by atoms with van der Waals surface area (Å²) in [7, 11) is 0. The minimum absolute atomic E-state index is 0.111. The quantitative estimate of drug-likeness (QED) is 0.545. The molecule has 0 saturated heterocycles. The lowest BCUT2D eigenvalue weighted by Gasteiger charge is -2.19. The summed E-state index contributed by atoms with van der Waals surface area (Å²) >= 11 is 1.63. The Morgan fingerprint density at radius 1 is 1.14 bits per heavy atom. The van der Waals surface area contributed by atoms with Crippen molar-refractivity contribution in [3.8, 4) is 16.3 Å². The summed E-state index contributed by atoms with van der Waals surface area (Å²) in [4.78, 5) is 17.1. The number of hydrogen-bond acceptors (Lipinski definition) is 4. The van der Waals surface area contributed by atoms with E-state index in [2.05, 4.69) is 53.8 Å². The van der Waals surface area contributed by atoms with Crippen molar-refractivity contribution in [2.45, 2.75) is 46.1 Å². The molecule has 0 aliphatic rings. The van der Waals surface area contributed by atoms with Crippen LogP contribution in [0.1, 0.15) is 43.5 Å². The van der Waals surface area contributed by atoms with Gasteiger partial charge in [0.25, 0.3) is 5.91 Å². The molecule has 3 rings (SSSR count). The first-order valence-corrected chi connectivity index (χ1v) is 10.9. The first-order chi connectivity index (χ1) is 13.9. The van der Waals surface area contributed by atoms with Crippen LogP contribution < -0.4 is 10.1 Å². The number of benzene rings is 2. The SMILES string of the molecule is Cc1ccc(C(C)C)c(OC(C)C(=O)NCCc2csc(-c3ccccc3)n2)c1. The minimum Gasteiger partial charge on any atom is -0.481 e. The number of thiazole rings is 1. The highest BCUT2D eigenvalue weighted by atomic mass is 32.1. The van der Waals surface area contributed by atoms with Crippen molar-refractivity contribution in [1.29, 1.82) is 0 Å². The van der Waals surface area contributed by atoms with E-state index in [4.69, 9.17) is 4.74 Å². The second-order valence-electron chi connectivity index (χ2n) is 7.51. The highest BCUT2D eigenvalue weighted by molar-refractivity contribution is 7.13. The fraction of sp³-hybridized carbons (Fsp3) is 0.333. The van der Waals surface area contributed by atoms with Gasteiger partial charge in [-0.3, -0.25) is 4.79 Å². The summed E-state index contributed by atoms with van der Waals surface area (Å²) in [5.41, 5.74) is 4.35. The maximum atomic E-state index is 12.5. The van der Waals surface area contributed by atoms with E-state index in [1.165, 1.54) is 0 Å². The van der Waals surface area contributed by atoms with Crippen molar-refractivity contribution in [1.82, 2.24) is 10.3 Å². The van der Waals surface area contributed by atoms with Crippen molar-refractivity contribution < 1.29 is 9.53 Å². The summed E-state index contributed by atoms with van der Waals surface area (Å²) in [6, 6.07) is 16.3. The molecular formula is C24H28N2O2S. The highest BCUT2D eigenvalue weighted by Gasteiger charge is 2.17. The van der Waals surface area contributed by atoms with Crippen LogP contribution in [-0.2, 0) is 11.2 Å². The Hall–Kier alpha value is -2.66. The first kappa shape index (κ1) is 21.1. The van der Waals surface area contributed by atoms with Gasteiger partial charge in [-0.2, -0.15) is 0 Å². The van der Waals surface area contributed by atoms with Crippen LogP contribution >= 0.6 is 11.3 Å². The summed E-state index contributed by atoms with van der Waals surface area (Å²) in [5.74, 6) is 1.01. The number of nitrogens with one attached hydrogen (secondary N) is 1. The number of ether oxygens (including phenoxy) is 1. The molecule has 1 unspecified atom stereocenters. The molecular weight excluding hydrogens is 380 g/mol. The van der Waals surface area contributed by atoms with Gasteiger partial charge < -0.3 is 10.1 Å². The van der Waals surface area contributed by atoms with Crippen molar-refractivity contribution in [2.75, 3.05) is 6.54 Å². The van der Waals surface area contributed by atoms with Crippen LogP contribution in [0.2, 0.25) is 0 Å². The topological polar surface area (TPSA) is 51.2 Å². The maximum absolute atomic E-state index is 12.5. The lowest BCUT2D eigenvalue weighted by atomic mass is 10.0. The molecule has 2 aromatic carbocycles. The van der Waals surface area contributed by atoms with Gasteiger partial charge in [0.1, 0.15) is 10.8 Å². The minimum atomic E-state index is -0.551. The zero-order valence-corrected chi connectivity index (χ0v) is 18.3. The van der Waals surface area contributed by atoms with Crippen LogP contribution in [0.15, 0.2) is 53.9 Å². The van der Waals surface area contributed by atoms with E-state index in [1.807, 2.05) is 31.2 Å². The summed E-state index contributed by atoms with van der Waals surface area (Å²) < 4.78 is 5.99. The number of rotatable bonds is 8. The van der Waals surface area contributed by atoms with Crippen LogP contribution in [0.3, 0.4) is 0 Å². The van der Waals surface area contributed by atoms with Crippen LogP contribution in [0.5, 0.6) is 5.75 Å². The molecule has 0 fully saturated rings. The van der Waals surface area contributed by atoms with Crippen molar-refractivity contribution in [2.24, 2.45) is 0 Å². The molecule has 0 spiro atoms. The average molecular weight is 409 g/mol. The molecule has 5 heteroatoms. The molecule has 0 aliphatic heterocycles. The predicted molar refractivity (Wildman–Crippen MR) is 120 cm³/mol. The second kappa shape index (κ2) is 9.70. The Balaban J connectivity index is 1.52. The molecule has 1 N–H and O–H groups in total. The van der Waals surface area contributed by atoms with E-state index < -0.39 is 6.10 Å². The van der Waals surface area contributed by atoms with Crippen molar-refractivity contribution in [3.05, 3.63) is 70.7 Å². The van der Waals surface area contributed by atoms with Gasteiger partial charge in [0, 0.05) is 23.9 Å². The Morgan fingerprint density at radius 3 is 2.62 bits per heavy atom. The Kier molecular flexibility index (Phi) is 7.04. The number of hydrogen-bond donors (Lipinski definition) is 1. The number of carbonyl (C=O) groups excluding carboxylic acids is 1. The number of amides is 1. The largest absolute Gasteiger partial charge is 0.481 e. The molecule has 4 nitrogen and oxygen atoms in total. The van der Waals surface area contributed by atoms with E-state index in [1.54, 1.807) is 18.3 Å². The Labute approximate surface area is 177 Å². The van der Waals surface area contributed by atoms with Crippen LogP contribution in [0.25, 0.3) is 10.6 Å². The molecule has 1 amide bonds. The lowest BCUT2D eigenvalue weighted by Crippen LogP contribution is -2.37. The van der Waals surface area contributed by atoms with Gasteiger partial charge in [0.15, 0.2) is 6.10 Å².